The van der Waals surface area contributed by atoms with E-state index in [4.69, 9.17) is 0 Å². The Bertz CT molecular complexity index is 394. The minimum atomic E-state index is 0.626. The summed E-state index contributed by atoms with van der Waals surface area (Å²) in [5.74, 6) is 0. The molecule has 1 aliphatic carbocycles. The SMILES string of the molecule is Cc1cnccc1CCN1CCC12CCCC2. The molecule has 1 saturated heterocycles. The predicted octanol–water partition coefficient (Wildman–Crippen LogP) is 2.95. The summed E-state index contributed by atoms with van der Waals surface area (Å²) in [5.41, 5.74) is 3.44. The molecule has 2 heterocycles. The Balaban J connectivity index is 1.60. The Morgan fingerprint density at radius 2 is 2.12 bits per heavy atom. The van der Waals surface area contributed by atoms with E-state index in [-0.39, 0.29) is 0 Å². The second-order valence-corrected chi connectivity index (χ2v) is 5.72. The molecule has 2 aliphatic rings. The van der Waals surface area contributed by atoms with Gasteiger partial charge in [-0.25, -0.2) is 0 Å². The number of pyridine rings is 1. The molecule has 1 spiro atoms. The molecule has 0 unspecified atom stereocenters. The van der Waals surface area contributed by atoms with E-state index >= 15 is 0 Å². The minimum Gasteiger partial charge on any atom is -0.297 e. The summed E-state index contributed by atoms with van der Waals surface area (Å²) in [6.45, 7) is 4.73. The third-order valence-corrected chi connectivity index (χ3v) is 4.84. The van der Waals surface area contributed by atoms with Crippen molar-refractivity contribution in [2.24, 2.45) is 0 Å². The van der Waals surface area contributed by atoms with Crippen molar-refractivity contribution in [3.8, 4) is 0 Å². The molecule has 1 aliphatic heterocycles. The summed E-state index contributed by atoms with van der Waals surface area (Å²) in [5, 5.41) is 0. The first kappa shape index (κ1) is 11.2. The Morgan fingerprint density at radius 1 is 1.29 bits per heavy atom. The summed E-state index contributed by atoms with van der Waals surface area (Å²) in [7, 11) is 0. The Morgan fingerprint density at radius 3 is 2.76 bits per heavy atom. The second-order valence-electron chi connectivity index (χ2n) is 5.72. The Labute approximate surface area is 104 Å². The van der Waals surface area contributed by atoms with Crippen molar-refractivity contribution in [2.45, 2.75) is 51.0 Å². The third kappa shape index (κ3) is 1.99. The fraction of sp³-hybridized carbons (Fsp3) is 0.667. The van der Waals surface area contributed by atoms with Crippen molar-refractivity contribution in [1.29, 1.82) is 0 Å². The molecule has 1 aromatic heterocycles. The molecule has 0 aromatic carbocycles. The predicted molar refractivity (Wildman–Crippen MR) is 70.1 cm³/mol. The molecule has 2 heteroatoms. The van der Waals surface area contributed by atoms with Crippen molar-refractivity contribution in [3.63, 3.8) is 0 Å². The van der Waals surface area contributed by atoms with E-state index < -0.39 is 0 Å². The van der Waals surface area contributed by atoms with Gasteiger partial charge in [0.25, 0.3) is 0 Å². The van der Waals surface area contributed by atoms with Gasteiger partial charge in [-0.2, -0.15) is 0 Å². The highest BCUT2D eigenvalue weighted by atomic mass is 15.3. The van der Waals surface area contributed by atoms with Crippen LogP contribution in [0.1, 0.15) is 43.2 Å². The van der Waals surface area contributed by atoms with E-state index in [1.807, 2.05) is 12.4 Å². The maximum atomic E-state index is 4.16. The average molecular weight is 230 g/mol. The largest absolute Gasteiger partial charge is 0.297 e. The number of hydrogen-bond acceptors (Lipinski definition) is 2. The van der Waals surface area contributed by atoms with Crippen LogP contribution in [-0.4, -0.2) is 28.5 Å². The van der Waals surface area contributed by atoms with E-state index in [1.165, 1.54) is 62.7 Å². The van der Waals surface area contributed by atoms with E-state index in [9.17, 15) is 0 Å². The smallest absolute Gasteiger partial charge is 0.0299 e. The van der Waals surface area contributed by atoms with E-state index in [2.05, 4.69) is 22.9 Å². The van der Waals surface area contributed by atoms with Gasteiger partial charge in [-0.15, -0.1) is 0 Å². The Kier molecular flexibility index (Phi) is 2.91. The van der Waals surface area contributed by atoms with Gasteiger partial charge in [0, 0.05) is 31.0 Å². The number of likely N-dealkylation sites (tertiary alicyclic amines) is 1. The quantitative estimate of drug-likeness (QED) is 0.793. The lowest BCUT2D eigenvalue weighted by Gasteiger charge is -2.51. The number of nitrogens with zero attached hydrogens (tertiary/aromatic N) is 2. The van der Waals surface area contributed by atoms with Crippen molar-refractivity contribution >= 4 is 0 Å². The molecule has 0 amide bonds. The van der Waals surface area contributed by atoms with Crippen LogP contribution >= 0.6 is 0 Å². The fourth-order valence-corrected chi connectivity index (χ4v) is 3.57. The molecule has 2 nitrogen and oxygen atoms in total. The van der Waals surface area contributed by atoms with Crippen molar-refractivity contribution in [2.75, 3.05) is 13.1 Å². The average Bonchev–Trinajstić information content (AvgIpc) is 2.82. The van der Waals surface area contributed by atoms with Crippen molar-refractivity contribution in [1.82, 2.24) is 9.88 Å². The van der Waals surface area contributed by atoms with Crippen LogP contribution in [0.15, 0.2) is 18.5 Å². The van der Waals surface area contributed by atoms with Crippen LogP contribution in [-0.2, 0) is 6.42 Å². The van der Waals surface area contributed by atoms with Gasteiger partial charge in [0.1, 0.15) is 0 Å². The van der Waals surface area contributed by atoms with Crippen LogP contribution in [0.5, 0.6) is 0 Å². The summed E-state index contributed by atoms with van der Waals surface area (Å²) in [4.78, 5) is 6.90. The molecule has 1 saturated carbocycles. The number of rotatable bonds is 3. The fourth-order valence-electron chi connectivity index (χ4n) is 3.57. The molecular weight excluding hydrogens is 208 g/mol. The van der Waals surface area contributed by atoms with Crippen LogP contribution in [0.3, 0.4) is 0 Å². The highest BCUT2D eigenvalue weighted by molar-refractivity contribution is 5.22. The number of hydrogen-bond donors (Lipinski definition) is 0. The first-order valence-electron chi connectivity index (χ1n) is 6.95. The van der Waals surface area contributed by atoms with Crippen LogP contribution < -0.4 is 0 Å². The van der Waals surface area contributed by atoms with Gasteiger partial charge in [-0.3, -0.25) is 9.88 Å². The first-order chi connectivity index (χ1) is 8.30. The maximum Gasteiger partial charge on any atom is 0.0299 e. The normalized spacial score (nSPS) is 22.9. The zero-order valence-electron chi connectivity index (χ0n) is 10.8. The van der Waals surface area contributed by atoms with Gasteiger partial charge in [0.05, 0.1) is 0 Å². The van der Waals surface area contributed by atoms with Gasteiger partial charge in [-0.05, 0) is 49.8 Å². The van der Waals surface area contributed by atoms with Crippen molar-refractivity contribution in [3.05, 3.63) is 29.6 Å². The van der Waals surface area contributed by atoms with Crippen LogP contribution in [0.4, 0.5) is 0 Å². The lowest BCUT2D eigenvalue weighted by atomic mass is 9.82. The molecule has 0 N–H and O–H groups in total. The topological polar surface area (TPSA) is 16.1 Å². The summed E-state index contributed by atoms with van der Waals surface area (Å²) < 4.78 is 0. The van der Waals surface area contributed by atoms with Gasteiger partial charge >= 0.3 is 0 Å². The first-order valence-corrected chi connectivity index (χ1v) is 6.95. The highest BCUT2D eigenvalue weighted by Crippen LogP contribution is 2.44. The number of aromatic nitrogens is 1. The zero-order chi connectivity index (χ0) is 11.7. The Hall–Kier alpha value is -0.890. The molecule has 0 bridgehead atoms. The van der Waals surface area contributed by atoms with E-state index in [0.29, 0.717) is 5.54 Å². The third-order valence-electron chi connectivity index (χ3n) is 4.84. The van der Waals surface area contributed by atoms with Crippen LogP contribution in [0, 0.1) is 6.92 Å². The summed E-state index contributed by atoms with van der Waals surface area (Å²) in [6.07, 6.45) is 12.3. The summed E-state index contributed by atoms with van der Waals surface area (Å²) in [6, 6.07) is 2.18. The molecule has 3 rings (SSSR count). The molecule has 0 radical (unpaired) electrons. The highest BCUT2D eigenvalue weighted by Gasteiger charge is 2.45. The molecule has 1 aromatic rings. The van der Waals surface area contributed by atoms with Crippen molar-refractivity contribution < 1.29 is 0 Å². The minimum absolute atomic E-state index is 0.626. The van der Waals surface area contributed by atoms with Gasteiger partial charge in [0.2, 0.25) is 0 Å². The van der Waals surface area contributed by atoms with E-state index in [1.54, 1.807) is 0 Å². The molecule has 17 heavy (non-hydrogen) atoms. The molecular formula is C15H22N2. The lowest BCUT2D eigenvalue weighted by Crippen LogP contribution is -2.58. The monoisotopic (exact) mass is 230 g/mol. The molecule has 2 fully saturated rings. The maximum absolute atomic E-state index is 4.16. The van der Waals surface area contributed by atoms with Crippen LogP contribution in [0.25, 0.3) is 0 Å². The summed E-state index contributed by atoms with van der Waals surface area (Å²) >= 11 is 0. The van der Waals surface area contributed by atoms with Gasteiger partial charge in [0.15, 0.2) is 0 Å². The standard InChI is InChI=1S/C15H22N2/c1-13-12-16-9-4-14(13)5-10-17-11-8-15(17)6-2-3-7-15/h4,9,12H,2-3,5-8,10-11H2,1H3. The second kappa shape index (κ2) is 4.41. The van der Waals surface area contributed by atoms with E-state index in [0.717, 1.165) is 0 Å². The molecule has 92 valence electrons. The molecule has 0 atom stereocenters. The van der Waals surface area contributed by atoms with Gasteiger partial charge in [-0.1, -0.05) is 12.8 Å². The lowest BCUT2D eigenvalue weighted by molar-refractivity contribution is -0.00790. The zero-order valence-corrected chi connectivity index (χ0v) is 10.8. The van der Waals surface area contributed by atoms with Gasteiger partial charge < -0.3 is 0 Å². The van der Waals surface area contributed by atoms with Crippen LogP contribution in [0.2, 0.25) is 0 Å². The number of aryl methyl sites for hydroxylation is 1.